The number of carbonyl (C=O) groups excluding carboxylic acids is 1. The van der Waals surface area contributed by atoms with E-state index in [0.717, 1.165) is 43.5 Å². The van der Waals surface area contributed by atoms with Gasteiger partial charge in [-0.05, 0) is 73.6 Å². The maximum Gasteiger partial charge on any atom is 0.315 e. The molecule has 0 aliphatic heterocycles. The van der Waals surface area contributed by atoms with Crippen molar-refractivity contribution in [2.75, 3.05) is 0 Å². The van der Waals surface area contributed by atoms with Gasteiger partial charge in [0.1, 0.15) is 0 Å². The Kier molecular flexibility index (Phi) is 5.68. The standard InChI is InChI=1S/C23H27ClN2O/c24-20-10-6-18(7-11-20)19-14-22(15-19)26-23(27)25-21-12-8-17(9-13-21)16-4-2-1-3-5-16/h1-7,10-11,17,19,21-22H,8-9,12-15H2,(H2,25,26,27). The van der Waals surface area contributed by atoms with Crippen molar-refractivity contribution in [3.63, 3.8) is 0 Å². The van der Waals surface area contributed by atoms with Crippen molar-refractivity contribution in [1.82, 2.24) is 10.6 Å². The minimum atomic E-state index is -0.00211. The summed E-state index contributed by atoms with van der Waals surface area (Å²) in [6.07, 6.45) is 6.44. The normalized spacial score (nSPS) is 27.4. The monoisotopic (exact) mass is 382 g/mol. The second-order valence-corrected chi connectivity index (χ2v) is 8.43. The fourth-order valence-electron chi connectivity index (χ4n) is 4.45. The molecule has 2 fully saturated rings. The third kappa shape index (κ3) is 4.65. The van der Waals surface area contributed by atoms with Gasteiger partial charge in [0.25, 0.3) is 0 Å². The molecule has 0 heterocycles. The molecule has 0 atom stereocenters. The molecule has 2 aliphatic carbocycles. The Balaban J connectivity index is 1.17. The summed E-state index contributed by atoms with van der Waals surface area (Å²) >= 11 is 5.95. The molecule has 4 heteroatoms. The minimum Gasteiger partial charge on any atom is -0.335 e. The van der Waals surface area contributed by atoms with Gasteiger partial charge in [-0.25, -0.2) is 4.79 Å². The van der Waals surface area contributed by atoms with Gasteiger partial charge in [-0.1, -0.05) is 54.1 Å². The Hall–Kier alpha value is -2.00. The highest BCUT2D eigenvalue weighted by Gasteiger charge is 2.32. The van der Waals surface area contributed by atoms with E-state index in [1.807, 2.05) is 12.1 Å². The van der Waals surface area contributed by atoms with Gasteiger partial charge in [-0.2, -0.15) is 0 Å². The molecule has 142 valence electrons. The summed E-state index contributed by atoms with van der Waals surface area (Å²) in [6, 6.07) is 19.4. The van der Waals surface area contributed by atoms with Gasteiger partial charge in [0.05, 0.1) is 0 Å². The van der Waals surface area contributed by atoms with Crippen LogP contribution in [0.4, 0.5) is 4.79 Å². The lowest BCUT2D eigenvalue weighted by molar-refractivity contribution is 0.214. The van der Waals surface area contributed by atoms with Crippen molar-refractivity contribution in [1.29, 1.82) is 0 Å². The van der Waals surface area contributed by atoms with Crippen LogP contribution in [0.3, 0.4) is 0 Å². The molecule has 0 spiro atoms. The summed E-state index contributed by atoms with van der Waals surface area (Å²) in [5.74, 6) is 1.17. The molecular formula is C23H27ClN2O. The third-order valence-corrected chi connectivity index (χ3v) is 6.40. The van der Waals surface area contributed by atoms with Gasteiger partial charge in [-0.3, -0.25) is 0 Å². The molecule has 0 bridgehead atoms. The summed E-state index contributed by atoms with van der Waals surface area (Å²) in [5.41, 5.74) is 2.75. The van der Waals surface area contributed by atoms with Gasteiger partial charge >= 0.3 is 6.03 Å². The summed E-state index contributed by atoms with van der Waals surface area (Å²) in [6.45, 7) is 0. The first kappa shape index (κ1) is 18.4. The van der Waals surface area contributed by atoms with E-state index in [9.17, 15) is 4.79 Å². The van der Waals surface area contributed by atoms with Crippen LogP contribution in [0.2, 0.25) is 5.02 Å². The molecular weight excluding hydrogens is 356 g/mol. The smallest absolute Gasteiger partial charge is 0.315 e. The lowest BCUT2D eigenvalue weighted by Gasteiger charge is -2.37. The zero-order valence-electron chi connectivity index (χ0n) is 15.5. The van der Waals surface area contributed by atoms with Gasteiger partial charge in [0.2, 0.25) is 0 Å². The molecule has 2 saturated carbocycles. The number of carbonyl (C=O) groups is 1. The SMILES string of the molecule is O=C(NC1CCC(c2ccccc2)CC1)NC1CC(c2ccc(Cl)cc2)C1. The number of rotatable bonds is 4. The Morgan fingerprint density at radius 2 is 1.33 bits per heavy atom. The van der Waals surface area contributed by atoms with Gasteiger partial charge in [0, 0.05) is 17.1 Å². The maximum absolute atomic E-state index is 12.3. The molecule has 0 unspecified atom stereocenters. The number of hydrogen-bond acceptors (Lipinski definition) is 1. The van der Waals surface area contributed by atoms with Crippen LogP contribution in [0.25, 0.3) is 0 Å². The van der Waals surface area contributed by atoms with Gasteiger partial charge in [0.15, 0.2) is 0 Å². The lowest BCUT2D eigenvalue weighted by Crippen LogP contribution is -2.50. The molecule has 0 radical (unpaired) electrons. The molecule has 27 heavy (non-hydrogen) atoms. The number of amides is 2. The van der Waals surface area contributed by atoms with E-state index in [1.165, 1.54) is 11.1 Å². The topological polar surface area (TPSA) is 41.1 Å². The summed E-state index contributed by atoms with van der Waals surface area (Å²) < 4.78 is 0. The molecule has 0 saturated heterocycles. The molecule has 3 nitrogen and oxygen atoms in total. The van der Waals surface area contributed by atoms with Crippen LogP contribution >= 0.6 is 11.6 Å². The fourth-order valence-corrected chi connectivity index (χ4v) is 4.58. The van der Waals surface area contributed by atoms with Crippen molar-refractivity contribution in [3.05, 3.63) is 70.7 Å². The first-order chi connectivity index (χ1) is 13.2. The quantitative estimate of drug-likeness (QED) is 0.708. The summed E-state index contributed by atoms with van der Waals surface area (Å²) in [5, 5.41) is 7.10. The van der Waals surface area contributed by atoms with E-state index in [0.29, 0.717) is 17.9 Å². The van der Waals surface area contributed by atoms with E-state index in [-0.39, 0.29) is 12.1 Å². The molecule has 2 aliphatic rings. The largest absolute Gasteiger partial charge is 0.335 e. The van der Waals surface area contributed by atoms with Gasteiger partial charge in [-0.15, -0.1) is 0 Å². The van der Waals surface area contributed by atoms with E-state index in [2.05, 4.69) is 53.1 Å². The van der Waals surface area contributed by atoms with E-state index in [1.54, 1.807) is 0 Å². The number of urea groups is 1. The molecule has 2 aromatic rings. The van der Waals surface area contributed by atoms with Crippen molar-refractivity contribution in [2.45, 2.75) is 62.4 Å². The zero-order valence-corrected chi connectivity index (χ0v) is 16.3. The van der Waals surface area contributed by atoms with E-state index >= 15 is 0 Å². The highest BCUT2D eigenvalue weighted by atomic mass is 35.5. The first-order valence-corrected chi connectivity index (χ1v) is 10.4. The maximum atomic E-state index is 12.3. The molecule has 0 aromatic heterocycles. The lowest BCUT2D eigenvalue weighted by atomic mass is 9.76. The zero-order chi connectivity index (χ0) is 18.6. The predicted octanol–water partition coefficient (Wildman–Crippen LogP) is 5.61. The molecule has 2 aromatic carbocycles. The Morgan fingerprint density at radius 3 is 2.00 bits per heavy atom. The Morgan fingerprint density at radius 1 is 0.741 bits per heavy atom. The minimum absolute atomic E-state index is 0.00211. The van der Waals surface area contributed by atoms with Crippen molar-refractivity contribution in [2.24, 2.45) is 0 Å². The average Bonchev–Trinajstić information content (AvgIpc) is 2.67. The highest BCUT2D eigenvalue weighted by Crippen LogP contribution is 2.37. The second-order valence-electron chi connectivity index (χ2n) is 7.99. The second kappa shape index (κ2) is 8.35. The number of hydrogen-bond donors (Lipinski definition) is 2. The van der Waals surface area contributed by atoms with Crippen LogP contribution in [0.5, 0.6) is 0 Å². The Labute approximate surface area is 166 Å². The van der Waals surface area contributed by atoms with E-state index in [4.69, 9.17) is 11.6 Å². The van der Waals surface area contributed by atoms with Crippen LogP contribution in [0, 0.1) is 0 Å². The first-order valence-electron chi connectivity index (χ1n) is 10.0. The van der Waals surface area contributed by atoms with Crippen LogP contribution in [-0.2, 0) is 0 Å². The fraction of sp³-hybridized carbons (Fsp3) is 0.435. The van der Waals surface area contributed by atoms with Gasteiger partial charge < -0.3 is 10.6 Å². The molecule has 4 rings (SSSR count). The van der Waals surface area contributed by atoms with Crippen LogP contribution in [0.1, 0.15) is 61.5 Å². The summed E-state index contributed by atoms with van der Waals surface area (Å²) in [4.78, 5) is 12.3. The third-order valence-electron chi connectivity index (χ3n) is 6.15. The average molecular weight is 383 g/mol. The Bertz CT molecular complexity index is 748. The van der Waals surface area contributed by atoms with Crippen LogP contribution in [-0.4, -0.2) is 18.1 Å². The van der Waals surface area contributed by atoms with Crippen LogP contribution in [0.15, 0.2) is 54.6 Å². The molecule has 2 amide bonds. The number of nitrogens with one attached hydrogen (secondary N) is 2. The van der Waals surface area contributed by atoms with Crippen LogP contribution < -0.4 is 10.6 Å². The van der Waals surface area contributed by atoms with Crippen molar-refractivity contribution >= 4 is 17.6 Å². The summed E-state index contributed by atoms with van der Waals surface area (Å²) in [7, 11) is 0. The molecule has 2 N–H and O–H groups in total. The number of halogens is 1. The number of benzene rings is 2. The predicted molar refractivity (Wildman–Crippen MR) is 110 cm³/mol. The van der Waals surface area contributed by atoms with Crippen molar-refractivity contribution in [3.8, 4) is 0 Å². The highest BCUT2D eigenvalue weighted by molar-refractivity contribution is 6.30. The van der Waals surface area contributed by atoms with E-state index < -0.39 is 0 Å². The van der Waals surface area contributed by atoms with Crippen molar-refractivity contribution < 1.29 is 4.79 Å².